The molecule has 2 amide bonds. The first-order valence-corrected chi connectivity index (χ1v) is 9.31. The number of hydrogen-bond acceptors (Lipinski definition) is 4. The number of para-hydroxylation sites is 1. The van der Waals surface area contributed by atoms with Crippen LogP contribution in [0.4, 0.5) is 5.69 Å². The molecule has 7 heteroatoms. The number of nitrogens with one attached hydrogen (secondary N) is 1. The predicted molar refractivity (Wildman–Crippen MR) is 106 cm³/mol. The third-order valence-corrected chi connectivity index (χ3v) is 5.08. The van der Waals surface area contributed by atoms with Crippen molar-refractivity contribution in [2.45, 2.75) is 18.3 Å². The van der Waals surface area contributed by atoms with Crippen LogP contribution in [0, 0.1) is 0 Å². The number of carbonyl (C=O) groups excluding carboxylic acids is 3. The fraction of sp³-hybridized carbons (Fsp3) is 0.286. The Balaban J connectivity index is 1.49. The highest BCUT2D eigenvalue weighted by Gasteiger charge is 2.52. The van der Waals surface area contributed by atoms with Gasteiger partial charge in [-0.1, -0.05) is 54.1 Å². The summed E-state index contributed by atoms with van der Waals surface area (Å²) in [4.78, 5) is 38.0. The minimum Gasteiger partial charge on any atom is -0.455 e. The fourth-order valence-electron chi connectivity index (χ4n) is 2.92. The van der Waals surface area contributed by atoms with Crippen LogP contribution in [0.5, 0.6) is 0 Å². The lowest BCUT2D eigenvalue weighted by molar-refractivity contribution is -0.154. The molecular weight excluding hydrogens is 380 g/mol. The van der Waals surface area contributed by atoms with Crippen molar-refractivity contribution >= 4 is 35.1 Å². The second kappa shape index (κ2) is 8.44. The molecule has 1 fully saturated rings. The van der Waals surface area contributed by atoms with E-state index in [-0.39, 0.29) is 6.54 Å². The summed E-state index contributed by atoms with van der Waals surface area (Å²) in [5.41, 5.74) is 0.738. The quantitative estimate of drug-likeness (QED) is 0.725. The van der Waals surface area contributed by atoms with Gasteiger partial charge in [-0.15, -0.1) is 0 Å². The third-order valence-electron chi connectivity index (χ3n) is 4.75. The van der Waals surface area contributed by atoms with Crippen molar-refractivity contribution in [3.63, 3.8) is 0 Å². The molecule has 1 aliphatic carbocycles. The number of esters is 1. The van der Waals surface area contributed by atoms with Crippen LogP contribution >= 0.6 is 11.6 Å². The SMILES string of the molecule is CN(CC(=O)Nc1ccccc1Cl)C(=O)COC(=O)C1(c2ccccc2)CC1. The number of hydrogen-bond donors (Lipinski definition) is 1. The van der Waals surface area contributed by atoms with Crippen LogP contribution in [0.3, 0.4) is 0 Å². The van der Waals surface area contributed by atoms with E-state index in [0.29, 0.717) is 23.6 Å². The maximum atomic E-state index is 12.5. The van der Waals surface area contributed by atoms with E-state index in [9.17, 15) is 14.4 Å². The molecule has 0 radical (unpaired) electrons. The lowest BCUT2D eigenvalue weighted by atomic mass is 9.96. The monoisotopic (exact) mass is 400 g/mol. The Hall–Kier alpha value is -2.86. The Kier molecular flexibility index (Phi) is 5.99. The van der Waals surface area contributed by atoms with E-state index in [1.54, 1.807) is 24.3 Å². The molecule has 0 unspecified atom stereocenters. The van der Waals surface area contributed by atoms with Crippen molar-refractivity contribution in [2.24, 2.45) is 0 Å². The highest BCUT2D eigenvalue weighted by Crippen LogP contribution is 2.49. The van der Waals surface area contributed by atoms with Crippen LogP contribution in [0.2, 0.25) is 5.02 Å². The predicted octanol–water partition coefficient (Wildman–Crippen LogP) is 3.01. The molecule has 0 atom stereocenters. The number of likely N-dealkylation sites (N-methyl/N-ethyl adjacent to an activating group) is 1. The van der Waals surface area contributed by atoms with Crippen LogP contribution < -0.4 is 5.32 Å². The summed E-state index contributed by atoms with van der Waals surface area (Å²) in [6, 6.07) is 16.2. The van der Waals surface area contributed by atoms with Gasteiger partial charge in [0.2, 0.25) is 5.91 Å². The van der Waals surface area contributed by atoms with Crippen LogP contribution in [-0.2, 0) is 24.5 Å². The fourth-order valence-corrected chi connectivity index (χ4v) is 3.11. The van der Waals surface area contributed by atoms with E-state index in [4.69, 9.17) is 16.3 Å². The van der Waals surface area contributed by atoms with E-state index in [2.05, 4.69) is 5.32 Å². The zero-order chi connectivity index (χ0) is 20.1. The summed E-state index contributed by atoms with van der Waals surface area (Å²) in [6.45, 7) is -0.575. The van der Waals surface area contributed by atoms with Crippen LogP contribution in [-0.4, -0.2) is 42.9 Å². The van der Waals surface area contributed by atoms with Crippen molar-refractivity contribution < 1.29 is 19.1 Å². The zero-order valence-corrected chi connectivity index (χ0v) is 16.2. The van der Waals surface area contributed by atoms with Gasteiger partial charge in [0.25, 0.3) is 5.91 Å². The molecule has 6 nitrogen and oxygen atoms in total. The molecule has 0 aliphatic heterocycles. The van der Waals surface area contributed by atoms with Gasteiger partial charge < -0.3 is 15.0 Å². The Labute approximate surface area is 168 Å². The van der Waals surface area contributed by atoms with Crippen LogP contribution in [0.15, 0.2) is 54.6 Å². The van der Waals surface area contributed by atoms with Gasteiger partial charge >= 0.3 is 5.97 Å². The Morgan fingerprint density at radius 2 is 1.71 bits per heavy atom. The van der Waals surface area contributed by atoms with Gasteiger partial charge in [-0.05, 0) is 30.5 Å². The van der Waals surface area contributed by atoms with Crippen LogP contribution in [0.25, 0.3) is 0 Å². The molecule has 3 rings (SSSR count). The first-order chi connectivity index (χ1) is 13.4. The van der Waals surface area contributed by atoms with Gasteiger partial charge in [-0.3, -0.25) is 14.4 Å². The second-order valence-corrected chi connectivity index (χ2v) is 7.21. The highest BCUT2D eigenvalue weighted by molar-refractivity contribution is 6.33. The third kappa shape index (κ3) is 4.51. The van der Waals surface area contributed by atoms with Gasteiger partial charge in [-0.2, -0.15) is 0 Å². The molecule has 0 saturated heterocycles. The van der Waals surface area contributed by atoms with Gasteiger partial charge in [-0.25, -0.2) is 0 Å². The van der Waals surface area contributed by atoms with Crippen molar-refractivity contribution in [2.75, 3.05) is 25.5 Å². The molecule has 0 bridgehead atoms. The molecule has 0 heterocycles. The molecule has 1 saturated carbocycles. The maximum absolute atomic E-state index is 12.5. The topological polar surface area (TPSA) is 75.7 Å². The molecule has 146 valence electrons. The molecule has 2 aromatic rings. The van der Waals surface area contributed by atoms with Crippen molar-refractivity contribution in [1.82, 2.24) is 4.90 Å². The minimum absolute atomic E-state index is 0.175. The molecule has 1 aliphatic rings. The summed E-state index contributed by atoms with van der Waals surface area (Å²) in [7, 11) is 1.48. The van der Waals surface area contributed by atoms with E-state index in [1.165, 1.54) is 11.9 Å². The number of benzene rings is 2. The average molecular weight is 401 g/mol. The first kappa shape index (κ1) is 19.9. The Bertz CT molecular complexity index is 881. The second-order valence-electron chi connectivity index (χ2n) is 6.80. The lowest BCUT2D eigenvalue weighted by Gasteiger charge is -2.19. The number of ether oxygens (including phenoxy) is 1. The van der Waals surface area contributed by atoms with Gasteiger partial charge in [0.1, 0.15) is 0 Å². The lowest BCUT2D eigenvalue weighted by Crippen LogP contribution is -2.38. The van der Waals surface area contributed by atoms with Crippen molar-refractivity contribution in [1.29, 1.82) is 0 Å². The van der Waals surface area contributed by atoms with E-state index >= 15 is 0 Å². The van der Waals surface area contributed by atoms with E-state index in [1.807, 2.05) is 30.3 Å². The van der Waals surface area contributed by atoms with Gasteiger partial charge in [0.05, 0.1) is 22.7 Å². The number of nitrogens with zero attached hydrogens (tertiary/aromatic N) is 1. The number of anilines is 1. The minimum atomic E-state index is -0.637. The normalized spacial score (nSPS) is 14.1. The maximum Gasteiger partial charge on any atom is 0.317 e. The zero-order valence-electron chi connectivity index (χ0n) is 15.5. The molecule has 1 N–H and O–H groups in total. The van der Waals surface area contributed by atoms with Gasteiger partial charge in [0.15, 0.2) is 6.61 Å². The molecule has 0 spiro atoms. The summed E-state index contributed by atoms with van der Waals surface area (Å²) >= 11 is 6.00. The van der Waals surface area contributed by atoms with E-state index < -0.39 is 29.8 Å². The molecule has 2 aromatic carbocycles. The van der Waals surface area contributed by atoms with Crippen molar-refractivity contribution in [3.8, 4) is 0 Å². The summed E-state index contributed by atoms with van der Waals surface area (Å²) in [6.07, 6.45) is 1.42. The Morgan fingerprint density at radius 1 is 1.07 bits per heavy atom. The van der Waals surface area contributed by atoms with Crippen LogP contribution in [0.1, 0.15) is 18.4 Å². The van der Waals surface area contributed by atoms with Crippen molar-refractivity contribution in [3.05, 3.63) is 65.2 Å². The number of carbonyl (C=O) groups is 3. The summed E-state index contributed by atoms with van der Waals surface area (Å²) in [5.74, 6) is -1.24. The smallest absolute Gasteiger partial charge is 0.317 e. The summed E-state index contributed by atoms with van der Waals surface area (Å²) < 4.78 is 5.24. The standard InChI is InChI=1S/C21H21ClN2O4/c1-24(13-18(25)23-17-10-6-5-9-16(17)22)19(26)14-28-20(27)21(11-12-21)15-7-3-2-4-8-15/h2-10H,11-14H2,1H3,(H,23,25). The summed E-state index contributed by atoms with van der Waals surface area (Å²) in [5, 5.41) is 3.06. The van der Waals surface area contributed by atoms with E-state index in [0.717, 1.165) is 5.56 Å². The largest absolute Gasteiger partial charge is 0.455 e. The Morgan fingerprint density at radius 3 is 2.36 bits per heavy atom. The first-order valence-electron chi connectivity index (χ1n) is 8.93. The highest BCUT2D eigenvalue weighted by atomic mass is 35.5. The number of amides is 2. The average Bonchev–Trinajstić information content (AvgIpc) is 3.50. The van der Waals surface area contributed by atoms with Gasteiger partial charge in [0, 0.05) is 7.05 Å². The molecular formula is C21H21ClN2O4. The number of halogens is 1. The molecule has 28 heavy (non-hydrogen) atoms. The number of rotatable bonds is 7. The molecule has 0 aromatic heterocycles.